The molecule has 0 radical (unpaired) electrons. The molecule has 1 saturated heterocycles. The van der Waals surface area contributed by atoms with Gasteiger partial charge >= 0.3 is 5.97 Å². The number of aliphatic carboxylic acids is 1. The molecule has 4 rings (SSSR count). The number of nitrogen functional groups attached to an aromatic ring is 1. The monoisotopic (exact) mass is 436 g/mol. The molecular weight excluding hydrogens is 408 g/mol. The number of rotatable bonds is 9. The van der Waals surface area contributed by atoms with Crippen molar-refractivity contribution in [2.24, 2.45) is 5.73 Å². The summed E-state index contributed by atoms with van der Waals surface area (Å²) in [5.41, 5.74) is 8.63. The van der Waals surface area contributed by atoms with Crippen LogP contribution in [0.25, 0.3) is 10.9 Å². The Morgan fingerprint density at radius 1 is 1.25 bits per heavy atom. The van der Waals surface area contributed by atoms with Gasteiger partial charge in [0.25, 0.3) is 0 Å². The highest BCUT2D eigenvalue weighted by Crippen LogP contribution is 2.28. The lowest BCUT2D eigenvalue weighted by Gasteiger charge is -2.18. The maximum absolute atomic E-state index is 11.5. The Kier molecular flexibility index (Phi) is 6.43. The number of ether oxygens (including phenoxy) is 1. The lowest BCUT2D eigenvalue weighted by Crippen LogP contribution is -2.19. The molecule has 3 aromatic rings. The molecule has 1 unspecified atom stereocenters. The van der Waals surface area contributed by atoms with Gasteiger partial charge in [0.1, 0.15) is 24.2 Å². The van der Waals surface area contributed by atoms with Gasteiger partial charge in [-0.1, -0.05) is 24.3 Å². The number of fused-ring (bicyclic) bond motifs is 1. The number of hydrogen-bond acceptors (Lipinski definition) is 5. The third-order valence-electron chi connectivity index (χ3n) is 5.94. The molecule has 0 saturated carbocycles. The number of aliphatic hydroxyl groups is 1. The van der Waals surface area contributed by atoms with Crippen LogP contribution in [0.5, 0.6) is 5.75 Å². The van der Waals surface area contributed by atoms with E-state index >= 15 is 0 Å². The van der Waals surface area contributed by atoms with Crippen molar-refractivity contribution in [3.63, 3.8) is 0 Å². The predicted molar refractivity (Wildman–Crippen MR) is 122 cm³/mol. The molecule has 8 heteroatoms. The van der Waals surface area contributed by atoms with Crippen LogP contribution in [0.3, 0.4) is 0 Å². The molecule has 1 aliphatic heterocycles. The van der Waals surface area contributed by atoms with Crippen molar-refractivity contribution in [3.05, 3.63) is 65.4 Å². The van der Waals surface area contributed by atoms with Crippen molar-refractivity contribution in [2.45, 2.75) is 31.4 Å². The summed E-state index contributed by atoms with van der Waals surface area (Å²) in [5, 5.41) is 31.4. The first-order valence-electron chi connectivity index (χ1n) is 10.7. The number of aliphatic hydroxyl groups excluding tert-OH is 1. The summed E-state index contributed by atoms with van der Waals surface area (Å²) in [4.78, 5) is 11.5. The number of carboxylic acid groups (broad SMARTS) is 1. The van der Waals surface area contributed by atoms with Crippen LogP contribution in [-0.4, -0.2) is 52.4 Å². The van der Waals surface area contributed by atoms with E-state index in [0.29, 0.717) is 17.5 Å². The SMILES string of the molecule is N=C(N)c1ccc2cc(CC(CO)c3ccc(O[C@H]4CCNC4)cc3)n(CC(=O)O)c2c1. The normalized spacial score (nSPS) is 16.8. The van der Waals surface area contributed by atoms with Crippen LogP contribution >= 0.6 is 0 Å². The quantitative estimate of drug-likeness (QED) is 0.258. The van der Waals surface area contributed by atoms with Crippen molar-refractivity contribution >= 4 is 22.7 Å². The molecule has 1 aromatic heterocycles. The first-order chi connectivity index (χ1) is 15.4. The van der Waals surface area contributed by atoms with Gasteiger partial charge in [-0.15, -0.1) is 0 Å². The Balaban J connectivity index is 1.59. The number of aromatic nitrogens is 1. The summed E-state index contributed by atoms with van der Waals surface area (Å²) in [6.07, 6.45) is 1.64. The number of amidine groups is 1. The summed E-state index contributed by atoms with van der Waals surface area (Å²) in [5.74, 6) is -0.418. The van der Waals surface area contributed by atoms with E-state index in [0.717, 1.165) is 41.9 Å². The van der Waals surface area contributed by atoms with E-state index in [1.165, 1.54) is 0 Å². The van der Waals surface area contributed by atoms with E-state index in [-0.39, 0.29) is 31.0 Å². The minimum atomic E-state index is -0.958. The highest BCUT2D eigenvalue weighted by molar-refractivity contribution is 5.99. The summed E-state index contributed by atoms with van der Waals surface area (Å²) >= 11 is 0. The molecule has 1 aliphatic rings. The largest absolute Gasteiger partial charge is 0.489 e. The highest BCUT2D eigenvalue weighted by atomic mass is 16.5. The first kappa shape index (κ1) is 21.9. The minimum absolute atomic E-state index is 0.0690. The van der Waals surface area contributed by atoms with Crippen LogP contribution in [0.4, 0.5) is 0 Å². The molecule has 0 bridgehead atoms. The number of nitrogens with two attached hydrogens (primary N) is 1. The van der Waals surface area contributed by atoms with Crippen LogP contribution in [0.15, 0.2) is 48.5 Å². The molecule has 8 nitrogen and oxygen atoms in total. The molecule has 2 atom stereocenters. The van der Waals surface area contributed by atoms with Crippen molar-refractivity contribution in [1.82, 2.24) is 9.88 Å². The van der Waals surface area contributed by atoms with E-state index in [4.69, 9.17) is 15.9 Å². The van der Waals surface area contributed by atoms with Crippen molar-refractivity contribution in [2.75, 3.05) is 19.7 Å². The van der Waals surface area contributed by atoms with Crippen LogP contribution in [0.1, 0.15) is 29.2 Å². The number of carbonyl (C=O) groups is 1. The molecule has 0 aliphatic carbocycles. The summed E-state index contributed by atoms with van der Waals surface area (Å²) in [6.45, 7) is 1.54. The molecule has 0 amide bonds. The average Bonchev–Trinajstić information content (AvgIpc) is 3.40. The summed E-state index contributed by atoms with van der Waals surface area (Å²) < 4.78 is 7.69. The summed E-state index contributed by atoms with van der Waals surface area (Å²) in [7, 11) is 0. The molecule has 2 aromatic carbocycles. The second-order valence-electron chi connectivity index (χ2n) is 8.19. The van der Waals surface area contributed by atoms with Gasteiger partial charge in [0.05, 0.1) is 6.61 Å². The van der Waals surface area contributed by atoms with Crippen LogP contribution in [0.2, 0.25) is 0 Å². The van der Waals surface area contributed by atoms with Gasteiger partial charge in [0.2, 0.25) is 0 Å². The second-order valence-corrected chi connectivity index (χ2v) is 8.19. The number of nitrogens with one attached hydrogen (secondary N) is 2. The number of nitrogens with zero attached hydrogens (tertiary/aromatic N) is 1. The standard InChI is InChI=1S/C24H28N4O4/c25-24(26)17-2-1-16-9-19(28(13-23(30)31)22(16)11-17)10-18(14-29)15-3-5-20(6-4-15)32-21-7-8-27-12-21/h1-6,9,11,18,21,27,29H,7-8,10,12-14H2,(H3,25,26)(H,30,31)/t18?,21-/m0/s1. The first-order valence-corrected chi connectivity index (χ1v) is 10.7. The Bertz CT molecular complexity index is 1120. The van der Waals surface area contributed by atoms with E-state index in [1.807, 2.05) is 36.4 Å². The van der Waals surface area contributed by atoms with Gasteiger partial charge in [-0.05, 0) is 54.6 Å². The smallest absolute Gasteiger partial charge is 0.323 e. The second kappa shape index (κ2) is 9.42. The zero-order valence-corrected chi connectivity index (χ0v) is 17.8. The number of benzene rings is 2. The molecule has 32 heavy (non-hydrogen) atoms. The van der Waals surface area contributed by atoms with Crippen molar-refractivity contribution in [3.8, 4) is 5.75 Å². The Morgan fingerprint density at radius 3 is 2.66 bits per heavy atom. The topological polar surface area (TPSA) is 134 Å². The van der Waals surface area contributed by atoms with Gasteiger partial charge in [-0.3, -0.25) is 10.2 Å². The minimum Gasteiger partial charge on any atom is -0.489 e. The highest BCUT2D eigenvalue weighted by Gasteiger charge is 2.19. The van der Waals surface area contributed by atoms with Gasteiger partial charge < -0.3 is 30.6 Å². The zero-order chi connectivity index (χ0) is 22.7. The Labute approximate surface area is 186 Å². The number of carboxylic acids is 1. The van der Waals surface area contributed by atoms with Gasteiger partial charge in [0.15, 0.2) is 0 Å². The van der Waals surface area contributed by atoms with Crippen molar-refractivity contribution in [1.29, 1.82) is 5.41 Å². The fourth-order valence-corrected chi connectivity index (χ4v) is 4.25. The molecule has 1 fully saturated rings. The van der Waals surface area contributed by atoms with Crippen LogP contribution in [-0.2, 0) is 17.8 Å². The van der Waals surface area contributed by atoms with Gasteiger partial charge in [0, 0.05) is 29.2 Å². The van der Waals surface area contributed by atoms with E-state index < -0.39 is 5.97 Å². The molecule has 2 heterocycles. The fourth-order valence-electron chi connectivity index (χ4n) is 4.25. The number of hydrogen-bond donors (Lipinski definition) is 5. The Morgan fingerprint density at radius 2 is 2.03 bits per heavy atom. The fraction of sp³-hybridized carbons (Fsp3) is 0.333. The molecule has 168 valence electrons. The maximum Gasteiger partial charge on any atom is 0.323 e. The molecule has 6 N–H and O–H groups in total. The average molecular weight is 437 g/mol. The van der Waals surface area contributed by atoms with E-state index in [2.05, 4.69) is 5.32 Å². The Hall–Kier alpha value is -3.36. The molecule has 0 spiro atoms. The van der Waals surface area contributed by atoms with E-state index in [9.17, 15) is 15.0 Å². The summed E-state index contributed by atoms with van der Waals surface area (Å²) in [6, 6.07) is 15.0. The predicted octanol–water partition coefficient (Wildman–Crippen LogP) is 2.07. The molecular formula is C24H28N4O4. The third-order valence-corrected chi connectivity index (χ3v) is 5.94. The van der Waals surface area contributed by atoms with Crippen LogP contribution < -0.4 is 15.8 Å². The lowest BCUT2D eigenvalue weighted by molar-refractivity contribution is -0.137. The maximum atomic E-state index is 11.5. The van der Waals surface area contributed by atoms with E-state index in [1.54, 1.807) is 16.7 Å². The third kappa shape index (κ3) is 4.76. The van der Waals surface area contributed by atoms with Gasteiger partial charge in [-0.25, -0.2) is 0 Å². The van der Waals surface area contributed by atoms with Crippen molar-refractivity contribution < 1.29 is 19.7 Å². The lowest BCUT2D eigenvalue weighted by atomic mass is 9.95. The van der Waals surface area contributed by atoms with Crippen LogP contribution in [0, 0.1) is 5.41 Å². The zero-order valence-electron chi connectivity index (χ0n) is 17.8. The van der Waals surface area contributed by atoms with Gasteiger partial charge in [-0.2, -0.15) is 0 Å².